The molecule has 1 amide bonds. The summed E-state index contributed by atoms with van der Waals surface area (Å²) in [5.41, 5.74) is 1.66. The second-order valence-electron chi connectivity index (χ2n) is 5.27. The summed E-state index contributed by atoms with van der Waals surface area (Å²) < 4.78 is 26.7. The first kappa shape index (κ1) is 13.8. The van der Waals surface area contributed by atoms with Crippen molar-refractivity contribution in [3.05, 3.63) is 66.2 Å². The predicted molar refractivity (Wildman–Crippen MR) is 89.2 cm³/mol. The summed E-state index contributed by atoms with van der Waals surface area (Å²) in [5.74, 6) is -0.236. The summed E-state index contributed by atoms with van der Waals surface area (Å²) in [7, 11) is -3.52. The van der Waals surface area contributed by atoms with Crippen LogP contribution in [-0.2, 0) is 10.0 Å². The number of carbonyl (C=O) groups excluding carboxylic acids is 1. The Morgan fingerprint density at radius 1 is 0.913 bits per heavy atom. The molecule has 1 heterocycles. The molecule has 6 heteroatoms. The van der Waals surface area contributed by atoms with Crippen LogP contribution in [0.4, 0.5) is 11.4 Å². The minimum Gasteiger partial charge on any atom is -0.321 e. The third-order valence-electron chi connectivity index (χ3n) is 3.82. The summed E-state index contributed by atoms with van der Waals surface area (Å²) in [6.07, 6.45) is 0. The standard InChI is InChI=1S/C17H12N2O3S/c20-17(11-5-2-1-3-6-11)18-13-9-10-14-16-12(13)7-4-8-15(16)23(21,22)19-14/h1-10,19H,(H,18,20). The van der Waals surface area contributed by atoms with Gasteiger partial charge in [0, 0.05) is 22.0 Å². The topological polar surface area (TPSA) is 75.3 Å². The molecular weight excluding hydrogens is 312 g/mol. The average Bonchev–Trinajstić information content (AvgIpc) is 2.83. The molecule has 23 heavy (non-hydrogen) atoms. The van der Waals surface area contributed by atoms with Gasteiger partial charge in [0.05, 0.1) is 10.6 Å². The molecule has 3 aromatic rings. The van der Waals surface area contributed by atoms with Crippen LogP contribution in [-0.4, -0.2) is 14.3 Å². The van der Waals surface area contributed by atoms with Crippen LogP contribution in [0, 0.1) is 0 Å². The molecule has 4 rings (SSSR count). The van der Waals surface area contributed by atoms with Crippen molar-refractivity contribution in [2.24, 2.45) is 0 Å². The molecule has 0 saturated carbocycles. The summed E-state index contributed by atoms with van der Waals surface area (Å²) in [6.45, 7) is 0. The Hall–Kier alpha value is -2.86. The third-order valence-corrected chi connectivity index (χ3v) is 5.23. The first-order valence-electron chi connectivity index (χ1n) is 7.01. The molecule has 0 saturated heterocycles. The largest absolute Gasteiger partial charge is 0.321 e. The van der Waals surface area contributed by atoms with Gasteiger partial charge in [-0.3, -0.25) is 9.52 Å². The molecular formula is C17H12N2O3S. The summed E-state index contributed by atoms with van der Waals surface area (Å²) >= 11 is 0. The van der Waals surface area contributed by atoms with E-state index in [9.17, 15) is 13.2 Å². The minimum atomic E-state index is -3.52. The number of carbonyl (C=O) groups is 1. The summed E-state index contributed by atoms with van der Waals surface area (Å²) in [4.78, 5) is 12.6. The highest BCUT2D eigenvalue weighted by atomic mass is 32.2. The summed E-state index contributed by atoms with van der Waals surface area (Å²) in [6, 6.07) is 17.3. The fourth-order valence-corrected chi connectivity index (χ4v) is 4.09. The average molecular weight is 324 g/mol. The van der Waals surface area contributed by atoms with Crippen molar-refractivity contribution in [1.29, 1.82) is 0 Å². The summed E-state index contributed by atoms with van der Waals surface area (Å²) in [5, 5.41) is 4.15. The van der Waals surface area contributed by atoms with Gasteiger partial charge in [-0.25, -0.2) is 8.42 Å². The van der Waals surface area contributed by atoms with Gasteiger partial charge in [0.2, 0.25) is 0 Å². The van der Waals surface area contributed by atoms with E-state index < -0.39 is 10.0 Å². The molecule has 0 radical (unpaired) electrons. The van der Waals surface area contributed by atoms with Crippen LogP contribution in [0.3, 0.4) is 0 Å². The van der Waals surface area contributed by atoms with Gasteiger partial charge in [-0.1, -0.05) is 30.3 Å². The normalized spacial score (nSPS) is 14.4. The van der Waals surface area contributed by atoms with E-state index in [1.54, 1.807) is 54.6 Å². The maximum atomic E-state index is 12.3. The number of nitrogens with one attached hydrogen (secondary N) is 2. The lowest BCUT2D eigenvalue weighted by Crippen LogP contribution is -2.11. The molecule has 0 unspecified atom stereocenters. The van der Waals surface area contributed by atoms with Gasteiger partial charge >= 0.3 is 0 Å². The highest BCUT2D eigenvalue weighted by Crippen LogP contribution is 2.40. The smallest absolute Gasteiger partial charge is 0.262 e. The molecule has 5 nitrogen and oxygen atoms in total. The molecule has 1 aliphatic rings. The van der Waals surface area contributed by atoms with Crippen LogP contribution in [0.1, 0.15) is 10.4 Å². The Bertz CT molecular complexity index is 1040. The van der Waals surface area contributed by atoms with Gasteiger partial charge in [0.15, 0.2) is 0 Å². The number of benzene rings is 3. The van der Waals surface area contributed by atoms with E-state index in [0.29, 0.717) is 27.7 Å². The Morgan fingerprint density at radius 2 is 1.70 bits per heavy atom. The highest BCUT2D eigenvalue weighted by Gasteiger charge is 2.28. The molecule has 2 N–H and O–H groups in total. The Balaban J connectivity index is 1.83. The Morgan fingerprint density at radius 3 is 2.48 bits per heavy atom. The number of amides is 1. The van der Waals surface area contributed by atoms with Crippen molar-refractivity contribution < 1.29 is 13.2 Å². The zero-order chi connectivity index (χ0) is 16.0. The van der Waals surface area contributed by atoms with E-state index >= 15 is 0 Å². The van der Waals surface area contributed by atoms with Crippen molar-refractivity contribution >= 4 is 38.1 Å². The molecule has 0 aromatic heterocycles. The number of hydrogen-bond donors (Lipinski definition) is 2. The van der Waals surface area contributed by atoms with Crippen LogP contribution in [0.25, 0.3) is 10.8 Å². The molecule has 114 valence electrons. The lowest BCUT2D eigenvalue weighted by atomic mass is 10.1. The second kappa shape index (κ2) is 4.82. The lowest BCUT2D eigenvalue weighted by Gasteiger charge is -2.09. The Kier molecular flexibility index (Phi) is 2.89. The molecule has 0 atom stereocenters. The van der Waals surface area contributed by atoms with Crippen LogP contribution >= 0.6 is 0 Å². The van der Waals surface area contributed by atoms with E-state index in [1.165, 1.54) is 0 Å². The van der Waals surface area contributed by atoms with Gasteiger partial charge in [0.1, 0.15) is 0 Å². The van der Waals surface area contributed by atoms with Crippen molar-refractivity contribution in [2.45, 2.75) is 4.90 Å². The second-order valence-corrected chi connectivity index (χ2v) is 6.92. The molecule has 0 bridgehead atoms. The fraction of sp³-hybridized carbons (Fsp3) is 0. The monoisotopic (exact) mass is 324 g/mol. The fourth-order valence-electron chi connectivity index (χ4n) is 2.77. The van der Waals surface area contributed by atoms with E-state index in [0.717, 1.165) is 0 Å². The first-order chi connectivity index (χ1) is 11.1. The minimum absolute atomic E-state index is 0.236. The highest BCUT2D eigenvalue weighted by molar-refractivity contribution is 7.93. The van der Waals surface area contributed by atoms with E-state index in [2.05, 4.69) is 10.0 Å². The van der Waals surface area contributed by atoms with E-state index in [-0.39, 0.29) is 10.8 Å². The van der Waals surface area contributed by atoms with Crippen molar-refractivity contribution in [3.8, 4) is 0 Å². The quantitative estimate of drug-likeness (QED) is 0.760. The number of hydrogen-bond acceptors (Lipinski definition) is 3. The maximum Gasteiger partial charge on any atom is 0.262 e. The van der Waals surface area contributed by atoms with Crippen LogP contribution in [0.15, 0.2) is 65.6 Å². The number of rotatable bonds is 2. The first-order valence-corrected chi connectivity index (χ1v) is 8.49. The third kappa shape index (κ3) is 2.15. The lowest BCUT2D eigenvalue weighted by molar-refractivity contribution is 0.102. The van der Waals surface area contributed by atoms with Crippen LogP contribution < -0.4 is 10.0 Å². The van der Waals surface area contributed by atoms with E-state index in [4.69, 9.17) is 0 Å². The Labute approximate surface area is 133 Å². The SMILES string of the molecule is O=C(Nc1ccc2c3c(cccc13)S(=O)(=O)N2)c1ccccc1. The zero-order valence-electron chi connectivity index (χ0n) is 11.9. The molecule has 0 aliphatic carbocycles. The maximum absolute atomic E-state index is 12.3. The number of anilines is 2. The van der Waals surface area contributed by atoms with Gasteiger partial charge in [-0.15, -0.1) is 0 Å². The molecule has 3 aromatic carbocycles. The van der Waals surface area contributed by atoms with Gasteiger partial charge in [0.25, 0.3) is 15.9 Å². The van der Waals surface area contributed by atoms with Gasteiger partial charge < -0.3 is 5.32 Å². The molecule has 1 aliphatic heterocycles. The van der Waals surface area contributed by atoms with Crippen molar-refractivity contribution in [2.75, 3.05) is 10.0 Å². The zero-order valence-corrected chi connectivity index (χ0v) is 12.7. The van der Waals surface area contributed by atoms with Gasteiger partial charge in [-0.05, 0) is 30.3 Å². The van der Waals surface area contributed by atoms with Crippen molar-refractivity contribution in [3.63, 3.8) is 0 Å². The van der Waals surface area contributed by atoms with Crippen molar-refractivity contribution in [1.82, 2.24) is 0 Å². The molecule has 0 fully saturated rings. The van der Waals surface area contributed by atoms with Crippen LogP contribution in [0.2, 0.25) is 0 Å². The van der Waals surface area contributed by atoms with Gasteiger partial charge in [-0.2, -0.15) is 0 Å². The van der Waals surface area contributed by atoms with E-state index in [1.807, 2.05) is 6.07 Å². The number of sulfonamides is 1. The van der Waals surface area contributed by atoms with Crippen LogP contribution in [0.5, 0.6) is 0 Å². The molecule has 0 spiro atoms. The predicted octanol–water partition coefficient (Wildman–Crippen LogP) is 3.21.